The maximum Gasteiger partial charge on any atom is 0.271 e. The minimum Gasteiger partial charge on any atom is -0.346 e. The van der Waals surface area contributed by atoms with Crippen molar-refractivity contribution < 1.29 is 4.79 Å². The second-order valence-corrected chi connectivity index (χ2v) is 9.45. The van der Waals surface area contributed by atoms with Gasteiger partial charge < -0.3 is 5.32 Å². The lowest BCUT2D eigenvalue weighted by molar-refractivity contribution is 0.0914. The molecule has 2 fully saturated rings. The van der Waals surface area contributed by atoms with Crippen LogP contribution in [0.5, 0.6) is 0 Å². The van der Waals surface area contributed by atoms with Crippen molar-refractivity contribution in [1.82, 2.24) is 30.0 Å². The van der Waals surface area contributed by atoms with Gasteiger partial charge in [0.25, 0.3) is 5.91 Å². The van der Waals surface area contributed by atoms with Gasteiger partial charge in [0, 0.05) is 24.2 Å². The van der Waals surface area contributed by atoms with Gasteiger partial charge in [0.15, 0.2) is 5.82 Å². The third kappa shape index (κ3) is 3.92. The van der Waals surface area contributed by atoms with E-state index in [0.29, 0.717) is 28.7 Å². The van der Waals surface area contributed by atoms with Gasteiger partial charge in [-0.15, -0.1) is 11.3 Å². The lowest BCUT2D eigenvalue weighted by Crippen LogP contribution is -2.42. The van der Waals surface area contributed by atoms with Gasteiger partial charge >= 0.3 is 0 Å². The Hall–Kier alpha value is -3.09. The molecule has 1 aliphatic carbocycles. The number of likely N-dealkylation sites (tertiary alicyclic amines) is 1. The molecular formula is C23H25N7OS. The van der Waals surface area contributed by atoms with Gasteiger partial charge in [0.2, 0.25) is 0 Å². The molecule has 2 aliphatic rings. The smallest absolute Gasteiger partial charge is 0.271 e. The first-order valence-electron chi connectivity index (χ1n) is 11.0. The number of nitrogens with zero attached hydrogens (tertiary/aromatic N) is 6. The van der Waals surface area contributed by atoms with Crippen LogP contribution >= 0.6 is 11.3 Å². The van der Waals surface area contributed by atoms with Gasteiger partial charge in [-0.25, -0.2) is 14.6 Å². The summed E-state index contributed by atoms with van der Waals surface area (Å²) < 4.78 is 1.68. The van der Waals surface area contributed by atoms with Crippen molar-refractivity contribution >= 4 is 17.2 Å². The topological polar surface area (TPSA) is 99.7 Å². The standard InChI is InChI=1S/C23H25N7OS/c1-14(2)29-8-7-18(27-23(31)19-12-32-13-26-19)22(29)21-17(9-24)11-30(28-21)20-6-5-16(10-25-20)15-3-4-15/h5-6,10-15,18,22H,3-4,7-8H2,1-2H3,(H,27,31)/t18-,22-/m0/s1. The summed E-state index contributed by atoms with van der Waals surface area (Å²) in [7, 11) is 0. The maximum atomic E-state index is 12.7. The van der Waals surface area contributed by atoms with Crippen LogP contribution in [-0.2, 0) is 0 Å². The summed E-state index contributed by atoms with van der Waals surface area (Å²) in [6.07, 6.45) is 6.89. The summed E-state index contributed by atoms with van der Waals surface area (Å²) in [5.74, 6) is 1.14. The third-order valence-corrected chi connectivity index (χ3v) is 6.87. The van der Waals surface area contributed by atoms with E-state index in [0.717, 1.165) is 13.0 Å². The van der Waals surface area contributed by atoms with Gasteiger partial charge in [-0.2, -0.15) is 10.4 Å². The molecule has 0 aromatic carbocycles. The van der Waals surface area contributed by atoms with E-state index < -0.39 is 0 Å². The molecule has 0 spiro atoms. The number of hydrogen-bond donors (Lipinski definition) is 1. The molecule has 32 heavy (non-hydrogen) atoms. The predicted molar refractivity (Wildman–Crippen MR) is 121 cm³/mol. The molecule has 9 heteroatoms. The highest BCUT2D eigenvalue weighted by atomic mass is 32.1. The molecule has 1 N–H and O–H groups in total. The number of thiazole rings is 1. The van der Waals surface area contributed by atoms with Crippen LogP contribution in [-0.4, -0.2) is 49.2 Å². The number of amides is 1. The van der Waals surface area contributed by atoms with Crippen molar-refractivity contribution in [3.05, 3.63) is 57.9 Å². The van der Waals surface area contributed by atoms with Crippen molar-refractivity contribution in [2.75, 3.05) is 6.54 Å². The van der Waals surface area contributed by atoms with Gasteiger partial charge in [-0.3, -0.25) is 9.69 Å². The van der Waals surface area contributed by atoms with Crippen LogP contribution in [0.3, 0.4) is 0 Å². The summed E-state index contributed by atoms with van der Waals surface area (Å²) in [5, 5.41) is 19.5. The highest BCUT2D eigenvalue weighted by molar-refractivity contribution is 7.07. The first-order chi connectivity index (χ1) is 15.5. The minimum atomic E-state index is -0.195. The van der Waals surface area contributed by atoms with E-state index in [1.807, 2.05) is 12.3 Å². The summed E-state index contributed by atoms with van der Waals surface area (Å²) >= 11 is 1.39. The Labute approximate surface area is 190 Å². The fourth-order valence-corrected chi connectivity index (χ4v) is 4.99. The van der Waals surface area contributed by atoms with Crippen LogP contribution < -0.4 is 5.32 Å². The van der Waals surface area contributed by atoms with Crippen LogP contribution in [0, 0.1) is 11.3 Å². The molecule has 1 saturated heterocycles. The Kier molecular flexibility index (Phi) is 5.49. The number of pyridine rings is 1. The number of hydrogen-bond acceptors (Lipinski definition) is 7. The van der Waals surface area contributed by atoms with E-state index in [4.69, 9.17) is 5.10 Å². The average molecular weight is 448 g/mol. The van der Waals surface area contributed by atoms with Crippen LogP contribution in [0.15, 0.2) is 35.4 Å². The summed E-state index contributed by atoms with van der Waals surface area (Å²) in [6, 6.07) is 6.25. The lowest BCUT2D eigenvalue weighted by atomic mass is 10.0. The number of carbonyl (C=O) groups excluding carboxylic acids is 1. The highest BCUT2D eigenvalue weighted by Crippen LogP contribution is 2.40. The Morgan fingerprint density at radius 1 is 1.28 bits per heavy atom. The first-order valence-corrected chi connectivity index (χ1v) is 11.9. The van der Waals surface area contributed by atoms with Crippen LogP contribution in [0.4, 0.5) is 0 Å². The van der Waals surface area contributed by atoms with Crippen LogP contribution in [0.2, 0.25) is 0 Å². The Balaban J connectivity index is 1.46. The van der Waals surface area contributed by atoms with Crippen molar-refractivity contribution in [2.24, 2.45) is 0 Å². The number of rotatable bonds is 6. The largest absolute Gasteiger partial charge is 0.346 e. The monoisotopic (exact) mass is 447 g/mol. The number of aromatic nitrogens is 4. The number of nitrogens with one attached hydrogen (secondary N) is 1. The molecule has 1 saturated carbocycles. The minimum absolute atomic E-state index is 0.160. The Morgan fingerprint density at radius 3 is 2.75 bits per heavy atom. The van der Waals surface area contributed by atoms with E-state index in [2.05, 4.69) is 46.2 Å². The Bertz CT molecular complexity index is 1140. The molecule has 1 amide bonds. The summed E-state index contributed by atoms with van der Waals surface area (Å²) in [4.78, 5) is 23.7. The lowest BCUT2D eigenvalue weighted by Gasteiger charge is -2.30. The average Bonchev–Trinajstić information content (AvgIpc) is 3.18. The first kappa shape index (κ1) is 20.8. The third-order valence-electron chi connectivity index (χ3n) is 6.28. The molecule has 0 unspecified atom stereocenters. The van der Waals surface area contributed by atoms with E-state index in [1.165, 1.54) is 29.7 Å². The molecule has 0 bridgehead atoms. The molecule has 2 atom stereocenters. The van der Waals surface area contributed by atoms with E-state index in [9.17, 15) is 10.1 Å². The van der Waals surface area contributed by atoms with Gasteiger partial charge in [-0.1, -0.05) is 6.07 Å². The predicted octanol–water partition coefficient (Wildman–Crippen LogP) is 3.43. The maximum absolute atomic E-state index is 12.7. The summed E-state index contributed by atoms with van der Waals surface area (Å²) in [5.41, 5.74) is 4.51. The second kappa shape index (κ2) is 8.45. The zero-order valence-electron chi connectivity index (χ0n) is 18.1. The molecule has 3 aromatic rings. The Morgan fingerprint density at radius 2 is 2.12 bits per heavy atom. The molecule has 3 aromatic heterocycles. The molecule has 0 radical (unpaired) electrons. The van der Waals surface area contributed by atoms with Crippen molar-refractivity contribution in [3.8, 4) is 11.9 Å². The number of nitriles is 1. The van der Waals surface area contributed by atoms with E-state index in [-0.39, 0.29) is 24.0 Å². The molecular weight excluding hydrogens is 422 g/mol. The van der Waals surface area contributed by atoms with Gasteiger partial charge in [0.05, 0.1) is 35.0 Å². The van der Waals surface area contributed by atoms with E-state index >= 15 is 0 Å². The fraction of sp³-hybridized carbons (Fsp3) is 0.435. The normalized spacial score (nSPS) is 21.1. The number of carbonyl (C=O) groups is 1. The highest BCUT2D eigenvalue weighted by Gasteiger charge is 2.40. The zero-order valence-corrected chi connectivity index (χ0v) is 18.9. The molecule has 1 aliphatic heterocycles. The van der Waals surface area contributed by atoms with E-state index in [1.54, 1.807) is 21.8 Å². The van der Waals surface area contributed by atoms with Crippen molar-refractivity contribution in [2.45, 2.75) is 57.2 Å². The van der Waals surface area contributed by atoms with Crippen molar-refractivity contribution in [3.63, 3.8) is 0 Å². The van der Waals surface area contributed by atoms with Crippen LogP contribution in [0.25, 0.3) is 5.82 Å². The molecule has 164 valence electrons. The van der Waals surface area contributed by atoms with Crippen molar-refractivity contribution in [1.29, 1.82) is 5.26 Å². The quantitative estimate of drug-likeness (QED) is 0.621. The van der Waals surface area contributed by atoms with Gasteiger partial charge in [0.1, 0.15) is 11.8 Å². The molecule has 4 heterocycles. The zero-order chi connectivity index (χ0) is 22.2. The van der Waals surface area contributed by atoms with Gasteiger partial charge in [-0.05, 0) is 50.7 Å². The SMILES string of the molecule is CC(C)N1CC[C@H](NC(=O)c2cscn2)[C@H]1c1nn(-c2ccc(C3CC3)cn2)cc1C#N. The second-order valence-electron chi connectivity index (χ2n) is 8.73. The summed E-state index contributed by atoms with van der Waals surface area (Å²) in [6.45, 7) is 5.06. The molecule has 5 rings (SSSR count). The molecule has 8 nitrogen and oxygen atoms in total. The van der Waals surface area contributed by atoms with Crippen LogP contribution in [0.1, 0.15) is 72.4 Å². The fourth-order valence-electron chi connectivity index (χ4n) is 4.46.